The van der Waals surface area contributed by atoms with Crippen LogP contribution in [0.5, 0.6) is 0 Å². The fourth-order valence-corrected chi connectivity index (χ4v) is 2.82. The van der Waals surface area contributed by atoms with E-state index in [1.165, 1.54) is 12.3 Å². The number of furan rings is 2. The van der Waals surface area contributed by atoms with Crippen LogP contribution in [-0.4, -0.2) is 11.9 Å². The molecule has 1 aliphatic rings. The Hall–Kier alpha value is -2.76. The molecule has 2 aromatic heterocycles. The van der Waals surface area contributed by atoms with Crippen molar-refractivity contribution in [2.45, 2.75) is 0 Å². The van der Waals surface area contributed by atoms with Gasteiger partial charge in [-0.2, -0.15) is 0 Å². The summed E-state index contributed by atoms with van der Waals surface area (Å²) in [5.74, 6) is 0.917. The first-order chi connectivity index (χ1) is 12.1. The minimum atomic E-state index is -0.575. The van der Waals surface area contributed by atoms with E-state index in [9.17, 15) is 4.79 Å². The number of hydrogen-bond donors (Lipinski definition) is 0. The highest BCUT2D eigenvalue weighted by Crippen LogP contribution is 2.32. The molecule has 4 rings (SSSR count). The van der Waals surface area contributed by atoms with E-state index in [0.29, 0.717) is 32.9 Å². The molecular weight excluding hydrogens is 365 g/mol. The number of rotatable bonds is 3. The molecule has 0 saturated heterocycles. The summed E-state index contributed by atoms with van der Waals surface area (Å²) in [4.78, 5) is 16.1. The topological polar surface area (TPSA) is 64.9 Å². The van der Waals surface area contributed by atoms with E-state index in [1.54, 1.807) is 42.5 Å². The van der Waals surface area contributed by atoms with E-state index >= 15 is 0 Å². The van der Waals surface area contributed by atoms with Crippen LogP contribution in [0.2, 0.25) is 10.0 Å². The van der Waals surface area contributed by atoms with Crippen LogP contribution in [0.25, 0.3) is 17.4 Å². The third kappa shape index (κ3) is 3.12. The first-order valence-corrected chi connectivity index (χ1v) is 7.97. The lowest BCUT2D eigenvalue weighted by Gasteiger charge is -2.00. The number of nitrogens with zero attached hydrogens (tertiary/aromatic N) is 1. The monoisotopic (exact) mass is 373 g/mol. The highest BCUT2D eigenvalue weighted by atomic mass is 35.5. The van der Waals surface area contributed by atoms with Crippen LogP contribution in [0, 0.1) is 0 Å². The highest BCUT2D eigenvalue weighted by Gasteiger charge is 2.26. The van der Waals surface area contributed by atoms with Crippen molar-refractivity contribution in [2.24, 2.45) is 4.99 Å². The van der Waals surface area contributed by atoms with Crippen molar-refractivity contribution in [3.63, 3.8) is 0 Å². The van der Waals surface area contributed by atoms with Gasteiger partial charge in [0.1, 0.15) is 11.5 Å². The third-order valence-corrected chi connectivity index (χ3v) is 4.00. The van der Waals surface area contributed by atoms with E-state index in [-0.39, 0.29) is 11.6 Å². The maximum absolute atomic E-state index is 11.9. The fourth-order valence-electron chi connectivity index (χ4n) is 2.31. The summed E-state index contributed by atoms with van der Waals surface area (Å²) in [5, 5.41) is 1.01. The Morgan fingerprint density at radius 3 is 2.68 bits per heavy atom. The van der Waals surface area contributed by atoms with E-state index in [0.717, 1.165) is 0 Å². The van der Waals surface area contributed by atoms with Crippen molar-refractivity contribution in [1.29, 1.82) is 0 Å². The summed E-state index contributed by atoms with van der Waals surface area (Å²) in [5.41, 5.74) is 0.819. The Labute approximate surface area is 152 Å². The molecule has 0 fully saturated rings. The second kappa shape index (κ2) is 6.27. The van der Waals surface area contributed by atoms with Crippen LogP contribution in [0.3, 0.4) is 0 Å². The van der Waals surface area contributed by atoms with Gasteiger partial charge < -0.3 is 13.6 Å². The van der Waals surface area contributed by atoms with Crippen LogP contribution in [0.15, 0.2) is 68.3 Å². The molecule has 0 N–H and O–H groups in total. The number of carbonyl (C=O) groups excluding carboxylic acids is 1. The Kier molecular flexibility index (Phi) is 3.95. The summed E-state index contributed by atoms with van der Waals surface area (Å²) >= 11 is 12.1. The van der Waals surface area contributed by atoms with Gasteiger partial charge in [0.2, 0.25) is 0 Å². The van der Waals surface area contributed by atoms with Crippen LogP contribution in [0.4, 0.5) is 0 Å². The van der Waals surface area contributed by atoms with Gasteiger partial charge in [0.25, 0.3) is 5.90 Å². The largest absolute Gasteiger partial charge is 0.459 e. The van der Waals surface area contributed by atoms with Gasteiger partial charge in [0, 0.05) is 16.7 Å². The Morgan fingerprint density at radius 2 is 1.92 bits per heavy atom. The first-order valence-electron chi connectivity index (χ1n) is 7.22. The normalized spacial score (nSPS) is 15.5. The maximum Gasteiger partial charge on any atom is 0.364 e. The molecule has 0 amide bonds. The Balaban J connectivity index is 1.64. The SMILES string of the molecule is O=C1OC(c2ccco2)=N/C1=C/c1ccc(-c2ccc(Cl)cc2Cl)o1. The smallest absolute Gasteiger partial charge is 0.364 e. The number of halogens is 2. The summed E-state index contributed by atoms with van der Waals surface area (Å²) in [6.07, 6.45) is 2.97. The molecule has 124 valence electrons. The minimum absolute atomic E-state index is 0.119. The molecule has 25 heavy (non-hydrogen) atoms. The molecule has 0 unspecified atom stereocenters. The summed E-state index contributed by atoms with van der Waals surface area (Å²) in [6.45, 7) is 0. The molecule has 0 atom stereocenters. The van der Waals surface area contributed by atoms with Gasteiger partial charge in [-0.1, -0.05) is 23.2 Å². The average molecular weight is 374 g/mol. The van der Waals surface area contributed by atoms with Crippen LogP contribution in [0.1, 0.15) is 11.5 Å². The van der Waals surface area contributed by atoms with Gasteiger partial charge in [0.15, 0.2) is 11.5 Å². The van der Waals surface area contributed by atoms with Gasteiger partial charge in [-0.15, -0.1) is 0 Å². The van der Waals surface area contributed by atoms with E-state index < -0.39 is 5.97 Å². The van der Waals surface area contributed by atoms with Gasteiger partial charge in [-0.05, 0) is 42.5 Å². The number of benzene rings is 1. The molecule has 0 spiro atoms. The zero-order valence-corrected chi connectivity index (χ0v) is 14.0. The predicted octanol–water partition coefficient (Wildman–Crippen LogP) is 5.19. The van der Waals surface area contributed by atoms with E-state index in [2.05, 4.69) is 4.99 Å². The number of cyclic esters (lactones) is 1. The molecule has 0 radical (unpaired) electrons. The third-order valence-electron chi connectivity index (χ3n) is 3.45. The zero-order valence-electron chi connectivity index (χ0n) is 12.5. The Morgan fingerprint density at radius 1 is 1.04 bits per heavy atom. The van der Waals surface area contributed by atoms with Crippen molar-refractivity contribution < 1.29 is 18.4 Å². The lowest BCUT2D eigenvalue weighted by Crippen LogP contribution is -2.04. The second-order valence-corrected chi connectivity index (χ2v) is 5.98. The van der Waals surface area contributed by atoms with Crippen molar-refractivity contribution in [2.75, 3.05) is 0 Å². The van der Waals surface area contributed by atoms with Crippen molar-refractivity contribution in [1.82, 2.24) is 0 Å². The average Bonchev–Trinajstić information content (AvgIpc) is 3.30. The minimum Gasteiger partial charge on any atom is -0.459 e. The molecule has 3 heterocycles. The van der Waals surface area contributed by atoms with Gasteiger partial charge in [-0.3, -0.25) is 0 Å². The molecule has 5 nitrogen and oxygen atoms in total. The van der Waals surface area contributed by atoms with E-state index in [4.69, 9.17) is 36.8 Å². The first kappa shape index (κ1) is 15.7. The predicted molar refractivity (Wildman–Crippen MR) is 93.5 cm³/mol. The number of esters is 1. The fraction of sp³-hybridized carbons (Fsp3) is 0. The van der Waals surface area contributed by atoms with E-state index in [1.807, 2.05) is 0 Å². The van der Waals surface area contributed by atoms with Gasteiger partial charge >= 0.3 is 5.97 Å². The molecule has 0 saturated carbocycles. The zero-order chi connectivity index (χ0) is 17.4. The maximum atomic E-state index is 11.9. The van der Waals surface area contributed by atoms with Crippen molar-refractivity contribution >= 4 is 41.1 Å². The molecule has 0 aliphatic carbocycles. The van der Waals surface area contributed by atoms with Crippen LogP contribution >= 0.6 is 23.2 Å². The number of hydrogen-bond acceptors (Lipinski definition) is 5. The lowest BCUT2D eigenvalue weighted by atomic mass is 10.2. The van der Waals surface area contributed by atoms with Gasteiger partial charge in [0.05, 0.1) is 11.3 Å². The summed E-state index contributed by atoms with van der Waals surface area (Å²) in [6, 6.07) is 11.9. The standard InChI is InChI=1S/C18H9Cl2NO4/c19-10-3-5-12(13(20)8-10)15-6-4-11(24-15)9-14-18(22)25-17(21-14)16-2-1-7-23-16/h1-9H/b14-9+. The molecule has 1 aliphatic heterocycles. The Bertz CT molecular complexity index is 1020. The quantitative estimate of drug-likeness (QED) is 0.467. The molecular formula is C18H9Cl2NO4. The molecule has 7 heteroatoms. The molecule has 1 aromatic carbocycles. The summed E-state index contributed by atoms with van der Waals surface area (Å²) in [7, 11) is 0. The highest BCUT2D eigenvalue weighted by molar-refractivity contribution is 6.36. The van der Waals surface area contributed by atoms with Gasteiger partial charge in [-0.25, -0.2) is 9.79 Å². The van der Waals surface area contributed by atoms with Crippen LogP contribution < -0.4 is 0 Å². The second-order valence-electron chi connectivity index (χ2n) is 5.14. The number of carbonyl (C=O) groups is 1. The summed E-state index contributed by atoms with van der Waals surface area (Å²) < 4.78 is 16.0. The number of ether oxygens (including phenoxy) is 1. The number of aliphatic imine (C=N–C) groups is 1. The lowest BCUT2D eigenvalue weighted by molar-refractivity contribution is -0.130. The van der Waals surface area contributed by atoms with Crippen molar-refractivity contribution in [3.8, 4) is 11.3 Å². The molecule has 3 aromatic rings. The molecule has 0 bridgehead atoms. The van der Waals surface area contributed by atoms with Crippen LogP contribution in [-0.2, 0) is 9.53 Å². The van der Waals surface area contributed by atoms with Crippen molar-refractivity contribution in [3.05, 3.63) is 76.0 Å².